The molecule has 1 aromatic rings. The highest BCUT2D eigenvalue weighted by atomic mass is 79.9. The van der Waals surface area contributed by atoms with E-state index in [0.29, 0.717) is 10.7 Å². The number of carbonyl (C=O) groups excluding carboxylic acids is 1. The van der Waals surface area contributed by atoms with E-state index in [1.807, 2.05) is 19.9 Å². The first kappa shape index (κ1) is 14.0. The average molecular weight is 369 g/mol. The summed E-state index contributed by atoms with van der Waals surface area (Å²) in [6.07, 6.45) is 0. The van der Waals surface area contributed by atoms with Crippen LogP contribution < -0.4 is 5.32 Å². The first-order chi connectivity index (χ1) is 7.41. The van der Waals surface area contributed by atoms with Gasteiger partial charge in [-0.25, -0.2) is 0 Å². The Morgan fingerprint density at radius 3 is 2.56 bits per heavy atom. The predicted molar refractivity (Wildman–Crippen MR) is 75.3 cm³/mol. The van der Waals surface area contributed by atoms with Crippen molar-refractivity contribution < 1.29 is 4.79 Å². The van der Waals surface area contributed by atoms with Crippen LogP contribution in [-0.4, -0.2) is 10.7 Å². The van der Waals surface area contributed by atoms with Crippen LogP contribution in [0.3, 0.4) is 0 Å². The lowest BCUT2D eigenvalue weighted by atomic mass is 10.1. The molecule has 0 fully saturated rings. The highest BCUT2D eigenvalue weighted by Gasteiger charge is 2.19. The Balaban J connectivity index is 2.77. The van der Waals surface area contributed by atoms with E-state index in [9.17, 15) is 4.79 Å². The standard InChI is InChI=1S/C11H12Br2ClNO/c1-6(2)10(13)11(16)15-9-4-3-7(12)5-8(9)14/h3-6,10H,1-2H3,(H,15,16)/t10-/m0/s1. The Morgan fingerprint density at radius 2 is 2.06 bits per heavy atom. The van der Waals surface area contributed by atoms with Gasteiger partial charge >= 0.3 is 0 Å². The second-order valence-electron chi connectivity index (χ2n) is 3.76. The van der Waals surface area contributed by atoms with Crippen LogP contribution in [0, 0.1) is 5.92 Å². The number of amides is 1. The number of hydrogen-bond acceptors (Lipinski definition) is 1. The first-order valence-electron chi connectivity index (χ1n) is 4.82. The molecule has 1 aromatic carbocycles. The summed E-state index contributed by atoms with van der Waals surface area (Å²) in [5.74, 6) is 0.147. The van der Waals surface area contributed by atoms with E-state index in [1.165, 1.54) is 0 Å². The minimum atomic E-state index is -0.216. The van der Waals surface area contributed by atoms with Gasteiger partial charge in [-0.1, -0.05) is 57.3 Å². The molecule has 88 valence electrons. The molecule has 1 atom stereocenters. The lowest BCUT2D eigenvalue weighted by Crippen LogP contribution is -2.27. The van der Waals surface area contributed by atoms with Crippen LogP contribution in [-0.2, 0) is 4.79 Å². The Morgan fingerprint density at radius 1 is 1.44 bits per heavy atom. The van der Waals surface area contributed by atoms with Crippen LogP contribution in [0.4, 0.5) is 5.69 Å². The van der Waals surface area contributed by atoms with Gasteiger partial charge in [0.25, 0.3) is 0 Å². The van der Waals surface area contributed by atoms with Gasteiger partial charge in [0.1, 0.15) is 0 Å². The molecule has 0 radical (unpaired) electrons. The number of hydrogen-bond donors (Lipinski definition) is 1. The van der Waals surface area contributed by atoms with Gasteiger partial charge in [0.2, 0.25) is 5.91 Å². The van der Waals surface area contributed by atoms with Crippen molar-refractivity contribution in [2.45, 2.75) is 18.7 Å². The van der Waals surface area contributed by atoms with Crippen LogP contribution in [0.5, 0.6) is 0 Å². The molecule has 1 rings (SSSR count). The van der Waals surface area contributed by atoms with Crippen molar-refractivity contribution in [2.75, 3.05) is 5.32 Å². The molecule has 16 heavy (non-hydrogen) atoms. The number of alkyl halides is 1. The number of benzene rings is 1. The first-order valence-corrected chi connectivity index (χ1v) is 6.90. The van der Waals surface area contributed by atoms with Gasteiger partial charge < -0.3 is 5.32 Å². The lowest BCUT2D eigenvalue weighted by Gasteiger charge is -2.14. The molecule has 0 saturated carbocycles. The fourth-order valence-electron chi connectivity index (χ4n) is 1.10. The van der Waals surface area contributed by atoms with Crippen molar-refractivity contribution in [3.05, 3.63) is 27.7 Å². The van der Waals surface area contributed by atoms with E-state index < -0.39 is 0 Å². The monoisotopic (exact) mass is 367 g/mol. The summed E-state index contributed by atoms with van der Waals surface area (Å²) in [6, 6.07) is 5.35. The Bertz CT molecular complexity index is 396. The fraction of sp³-hybridized carbons (Fsp3) is 0.364. The number of rotatable bonds is 3. The molecule has 1 amide bonds. The molecule has 0 heterocycles. The normalized spacial score (nSPS) is 12.6. The van der Waals surface area contributed by atoms with E-state index in [-0.39, 0.29) is 16.7 Å². The maximum absolute atomic E-state index is 11.8. The Labute approximate surface area is 117 Å². The van der Waals surface area contributed by atoms with Crippen LogP contribution >= 0.6 is 43.5 Å². The second-order valence-corrected chi connectivity index (χ2v) is 6.07. The molecule has 1 N–H and O–H groups in total. The molecular weight excluding hydrogens is 357 g/mol. The SMILES string of the molecule is CC(C)[C@H](Br)C(=O)Nc1ccc(Br)cc1Cl. The molecular formula is C11H12Br2ClNO. The van der Waals surface area contributed by atoms with Gasteiger partial charge in [0.15, 0.2) is 0 Å². The molecule has 5 heteroatoms. The van der Waals surface area contributed by atoms with E-state index in [4.69, 9.17) is 11.6 Å². The van der Waals surface area contributed by atoms with Crippen LogP contribution in [0.25, 0.3) is 0 Å². The summed E-state index contributed by atoms with van der Waals surface area (Å²) >= 11 is 12.6. The lowest BCUT2D eigenvalue weighted by molar-refractivity contribution is -0.116. The predicted octanol–water partition coefficient (Wildman–Crippen LogP) is 4.46. The van der Waals surface area contributed by atoms with Gasteiger partial charge in [-0.3, -0.25) is 4.79 Å². The second kappa shape index (κ2) is 6.03. The van der Waals surface area contributed by atoms with Crippen LogP contribution in [0.2, 0.25) is 5.02 Å². The van der Waals surface area contributed by atoms with Gasteiger partial charge in [-0.15, -0.1) is 0 Å². The highest BCUT2D eigenvalue weighted by Crippen LogP contribution is 2.26. The molecule has 0 saturated heterocycles. The number of anilines is 1. The topological polar surface area (TPSA) is 29.1 Å². The Kier molecular flexibility index (Phi) is 5.28. The largest absolute Gasteiger partial charge is 0.324 e. The number of carbonyl (C=O) groups is 1. The summed E-state index contributed by atoms with van der Waals surface area (Å²) in [5, 5.41) is 3.30. The molecule has 0 bridgehead atoms. The van der Waals surface area contributed by atoms with Crippen LogP contribution in [0.15, 0.2) is 22.7 Å². The van der Waals surface area contributed by atoms with E-state index >= 15 is 0 Å². The van der Waals surface area contributed by atoms with Crippen molar-refractivity contribution >= 4 is 55.1 Å². The van der Waals surface area contributed by atoms with Gasteiger partial charge in [-0.2, -0.15) is 0 Å². The van der Waals surface area contributed by atoms with Crippen molar-refractivity contribution in [2.24, 2.45) is 5.92 Å². The zero-order chi connectivity index (χ0) is 12.3. The maximum atomic E-state index is 11.8. The van der Waals surface area contributed by atoms with E-state index in [1.54, 1.807) is 12.1 Å². The van der Waals surface area contributed by atoms with Gasteiger partial charge in [-0.05, 0) is 24.1 Å². The smallest absolute Gasteiger partial charge is 0.238 e. The minimum Gasteiger partial charge on any atom is -0.324 e. The number of nitrogens with one attached hydrogen (secondary N) is 1. The van der Waals surface area contributed by atoms with Crippen molar-refractivity contribution in [3.8, 4) is 0 Å². The molecule has 0 aliphatic rings. The molecule has 2 nitrogen and oxygen atoms in total. The Hall–Kier alpha value is -0.0600. The van der Waals surface area contributed by atoms with Crippen LogP contribution in [0.1, 0.15) is 13.8 Å². The summed E-state index contributed by atoms with van der Waals surface area (Å²) in [6.45, 7) is 3.95. The quantitative estimate of drug-likeness (QED) is 0.783. The third kappa shape index (κ3) is 3.75. The molecule has 0 spiro atoms. The number of halogens is 3. The molecule has 0 unspecified atom stereocenters. The van der Waals surface area contributed by atoms with E-state index in [2.05, 4.69) is 37.2 Å². The van der Waals surface area contributed by atoms with Crippen molar-refractivity contribution in [1.29, 1.82) is 0 Å². The molecule has 0 aromatic heterocycles. The minimum absolute atomic E-state index is 0.0841. The zero-order valence-corrected chi connectivity index (χ0v) is 12.9. The molecule has 0 aliphatic heterocycles. The summed E-state index contributed by atoms with van der Waals surface area (Å²) < 4.78 is 0.884. The third-order valence-corrected chi connectivity index (χ3v) is 4.30. The maximum Gasteiger partial charge on any atom is 0.238 e. The zero-order valence-electron chi connectivity index (χ0n) is 8.93. The molecule has 0 aliphatic carbocycles. The summed E-state index contributed by atoms with van der Waals surface area (Å²) in [7, 11) is 0. The van der Waals surface area contributed by atoms with E-state index in [0.717, 1.165) is 4.47 Å². The summed E-state index contributed by atoms with van der Waals surface area (Å²) in [5.41, 5.74) is 0.625. The average Bonchev–Trinajstić information content (AvgIpc) is 2.20. The fourth-order valence-corrected chi connectivity index (χ4v) is 1.93. The summed E-state index contributed by atoms with van der Waals surface area (Å²) in [4.78, 5) is 11.5. The van der Waals surface area contributed by atoms with Crippen molar-refractivity contribution in [3.63, 3.8) is 0 Å². The van der Waals surface area contributed by atoms with Gasteiger partial charge in [0, 0.05) is 4.47 Å². The van der Waals surface area contributed by atoms with Crippen molar-refractivity contribution in [1.82, 2.24) is 0 Å². The van der Waals surface area contributed by atoms with Gasteiger partial charge in [0.05, 0.1) is 15.5 Å². The highest BCUT2D eigenvalue weighted by molar-refractivity contribution is 9.10. The third-order valence-electron chi connectivity index (χ3n) is 2.02.